The lowest BCUT2D eigenvalue weighted by Gasteiger charge is -2.46. The lowest BCUT2D eigenvalue weighted by molar-refractivity contribution is -0.125. The number of carbonyl (C=O) groups excluding carboxylic acids is 3. The Morgan fingerprint density at radius 1 is 0.521 bits per heavy atom. The van der Waals surface area contributed by atoms with Crippen LogP contribution in [0.5, 0.6) is 0 Å². The van der Waals surface area contributed by atoms with Crippen molar-refractivity contribution >= 4 is 56.1 Å². The van der Waals surface area contributed by atoms with Gasteiger partial charge in [-0.25, -0.2) is 4.79 Å². The van der Waals surface area contributed by atoms with Crippen molar-refractivity contribution in [2.24, 2.45) is 0 Å². The summed E-state index contributed by atoms with van der Waals surface area (Å²) in [6, 6.07) is 39.5. The van der Waals surface area contributed by atoms with Gasteiger partial charge in [0.2, 0.25) is 0 Å². The van der Waals surface area contributed by atoms with Crippen LogP contribution in [0.15, 0.2) is 121 Å². The second-order valence-corrected chi connectivity index (χ2v) is 22.7. The summed E-state index contributed by atoms with van der Waals surface area (Å²) in [7, 11) is -6.56. The molecule has 0 amide bonds. The molecule has 0 aromatic heterocycles. The van der Waals surface area contributed by atoms with Gasteiger partial charge in [0, 0.05) is 0 Å². The fourth-order valence-corrected chi connectivity index (χ4v) is 16.3. The number of ether oxygens (including phenoxy) is 2. The van der Waals surface area contributed by atoms with Gasteiger partial charge in [-0.15, -0.1) is 0 Å². The number of rotatable bonds is 12. The van der Waals surface area contributed by atoms with Gasteiger partial charge < -0.3 is 27.9 Å². The van der Waals surface area contributed by atoms with E-state index in [0.29, 0.717) is 12.6 Å². The molecular formula is C39H44O7Si2. The Morgan fingerprint density at radius 3 is 0.979 bits per heavy atom. The first kappa shape index (κ1) is 35.2. The predicted molar refractivity (Wildman–Crippen MR) is 192 cm³/mol. The van der Waals surface area contributed by atoms with Crippen LogP contribution in [0, 0.1) is 0 Å². The minimum absolute atomic E-state index is 0.467. The highest BCUT2D eigenvalue weighted by atomic mass is 28.4. The molecule has 0 unspecified atom stereocenters. The number of hydrogen-bond donors (Lipinski definition) is 0. The molecule has 7 nitrogen and oxygen atoms in total. The second-order valence-electron chi connectivity index (χ2n) is 14.2. The first-order valence-corrected chi connectivity index (χ1v) is 20.1. The van der Waals surface area contributed by atoms with E-state index >= 15 is 0 Å². The summed E-state index contributed by atoms with van der Waals surface area (Å²) >= 11 is 0. The molecule has 48 heavy (non-hydrogen) atoms. The highest BCUT2D eigenvalue weighted by Gasteiger charge is 2.58. The number of carbonyl (C=O) groups is 3. The first-order valence-electron chi connectivity index (χ1n) is 16.2. The molecule has 4 aromatic rings. The molecule has 0 saturated carbocycles. The molecule has 0 N–H and O–H groups in total. The van der Waals surface area contributed by atoms with Crippen LogP contribution in [0.2, 0.25) is 10.1 Å². The molecule has 9 heteroatoms. The van der Waals surface area contributed by atoms with Gasteiger partial charge in [-0.1, -0.05) is 163 Å². The fourth-order valence-electron chi connectivity index (χ4n) is 7.03. The third-order valence-corrected chi connectivity index (χ3v) is 19.2. The van der Waals surface area contributed by atoms with Crippen LogP contribution < -0.4 is 20.7 Å². The number of hydrogen-bond acceptors (Lipinski definition) is 7. The van der Waals surface area contributed by atoms with E-state index in [-0.39, 0.29) is 0 Å². The van der Waals surface area contributed by atoms with Crippen molar-refractivity contribution in [2.45, 2.75) is 76.0 Å². The molecule has 1 fully saturated rings. The van der Waals surface area contributed by atoms with Crippen LogP contribution in [0.25, 0.3) is 0 Å². The Balaban J connectivity index is 1.62. The van der Waals surface area contributed by atoms with Crippen molar-refractivity contribution in [2.75, 3.05) is 0 Å². The molecule has 0 aliphatic carbocycles. The van der Waals surface area contributed by atoms with Crippen molar-refractivity contribution in [1.29, 1.82) is 0 Å². The smallest absolute Gasteiger partial charge is 0.424 e. The zero-order valence-electron chi connectivity index (χ0n) is 28.4. The summed E-state index contributed by atoms with van der Waals surface area (Å²) in [6.07, 6.45) is -4.69. The third kappa shape index (κ3) is 6.47. The molecule has 250 valence electrons. The van der Waals surface area contributed by atoms with E-state index in [4.69, 9.17) is 18.3 Å². The molecule has 0 radical (unpaired) electrons. The van der Waals surface area contributed by atoms with Gasteiger partial charge in [0.25, 0.3) is 16.6 Å². The molecule has 4 aromatic carbocycles. The number of cyclic esters (lactones) is 2. The molecule has 1 heterocycles. The minimum atomic E-state index is -3.28. The van der Waals surface area contributed by atoms with Gasteiger partial charge in [0.1, 0.15) is 12.2 Å². The highest BCUT2D eigenvalue weighted by molar-refractivity contribution is 7.00. The van der Waals surface area contributed by atoms with Gasteiger partial charge in [-0.05, 0) is 30.8 Å². The lowest BCUT2D eigenvalue weighted by atomic mass is 10.1. The van der Waals surface area contributed by atoms with Gasteiger partial charge >= 0.3 is 6.16 Å². The van der Waals surface area contributed by atoms with Crippen LogP contribution in [0.4, 0.5) is 4.79 Å². The maximum absolute atomic E-state index is 13.1. The van der Waals surface area contributed by atoms with Crippen molar-refractivity contribution < 1.29 is 32.7 Å². The monoisotopic (exact) mass is 680 g/mol. The van der Waals surface area contributed by atoms with Crippen LogP contribution in [0.3, 0.4) is 0 Å². The van der Waals surface area contributed by atoms with Crippen LogP contribution in [0.1, 0.15) is 41.5 Å². The maximum atomic E-state index is 13.1. The SMILES string of the molecule is CC(C)(C)[Si](O[C@@H](C=O)[C@H]1OC(=O)O[C@@H]1[C@@H](C=O)O[Si](c1ccccc1)(c1ccccc1)C(C)(C)C)(c1ccccc1)c1ccccc1. The van der Waals surface area contributed by atoms with E-state index in [2.05, 4.69) is 41.5 Å². The van der Waals surface area contributed by atoms with E-state index in [1.165, 1.54) is 0 Å². The molecule has 1 aliphatic rings. The molecule has 1 saturated heterocycles. The molecule has 0 spiro atoms. The first-order chi connectivity index (χ1) is 22.9. The van der Waals surface area contributed by atoms with Crippen LogP contribution in [-0.2, 0) is 27.9 Å². The lowest BCUT2D eigenvalue weighted by Crippen LogP contribution is -2.70. The molecule has 4 atom stereocenters. The summed E-state index contributed by atoms with van der Waals surface area (Å²) in [5, 5.41) is 2.87. The van der Waals surface area contributed by atoms with Crippen molar-refractivity contribution in [3.63, 3.8) is 0 Å². The summed E-state index contributed by atoms with van der Waals surface area (Å²) in [5.74, 6) is 0. The van der Waals surface area contributed by atoms with E-state index in [1.54, 1.807) is 0 Å². The van der Waals surface area contributed by atoms with Crippen molar-refractivity contribution in [3.05, 3.63) is 121 Å². The number of aldehydes is 2. The molecule has 0 bridgehead atoms. The normalized spacial score (nSPS) is 18.3. The Morgan fingerprint density at radius 2 is 0.771 bits per heavy atom. The number of benzene rings is 4. The summed E-state index contributed by atoms with van der Waals surface area (Å²) < 4.78 is 25.7. The summed E-state index contributed by atoms with van der Waals surface area (Å²) in [6.45, 7) is 12.6. The Hall–Kier alpha value is -4.16. The summed E-state index contributed by atoms with van der Waals surface area (Å²) in [5.41, 5.74) is 0. The Kier molecular flexibility index (Phi) is 10.4. The zero-order chi connectivity index (χ0) is 34.6. The average Bonchev–Trinajstić information content (AvgIpc) is 3.47. The van der Waals surface area contributed by atoms with Gasteiger partial charge in [-0.3, -0.25) is 0 Å². The second kappa shape index (κ2) is 14.1. The zero-order valence-corrected chi connectivity index (χ0v) is 30.4. The van der Waals surface area contributed by atoms with E-state index in [0.717, 1.165) is 20.7 Å². The van der Waals surface area contributed by atoms with Crippen LogP contribution in [-0.4, -0.2) is 59.8 Å². The average molecular weight is 681 g/mol. The largest absolute Gasteiger partial charge is 0.509 e. The Bertz CT molecular complexity index is 1470. The highest BCUT2D eigenvalue weighted by Crippen LogP contribution is 2.41. The van der Waals surface area contributed by atoms with E-state index in [9.17, 15) is 14.4 Å². The van der Waals surface area contributed by atoms with Crippen molar-refractivity contribution in [1.82, 2.24) is 0 Å². The van der Waals surface area contributed by atoms with Gasteiger partial charge in [0.05, 0.1) is 0 Å². The fraction of sp³-hybridized carbons (Fsp3) is 0.308. The van der Waals surface area contributed by atoms with Gasteiger partial charge in [0.15, 0.2) is 24.8 Å². The van der Waals surface area contributed by atoms with Gasteiger partial charge in [-0.2, -0.15) is 0 Å². The van der Waals surface area contributed by atoms with E-state index < -0.39 is 57.3 Å². The Labute approximate surface area is 285 Å². The molecule has 1 aliphatic heterocycles. The predicted octanol–water partition coefficient (Wildman–Crippen LogP) is 5.18. The summed E-state index contributed by atoms with van der Waals surface area (Å²) in [4.78, 5) is 39.2. The molecular weight excluding hydrogens is 637 g/mol. The maximum Gasteiger partial charge on any atom is 0.509 e. The van der Waals surface area contributed by atoms with Crippen molar-refractivity contribution in [3.8, 4) is 0 Å². The topological polar surface area (TPSA) is 88.1 Å². The quantitative estimate of drug-likeness (QED) is 0.116. The van der Waals surface area contributed by atoms with E-state index in [1.807, 2.05) is 121 Å². The third-order valence-electron chi connectivity index (χ3n) is 9.16. The molecule has 5 rings (SSSR count). The van der Waals surface area contributed by atoms with Crippen LogP contribution >= 0.6 is 0 Å². The minimum Gasteiger partial charge on any atom is -0.424 e. The standard InChI is InChI=1S/C39H44O7Si2/c1-38(2,3)47(29-19-11-7-12-20-29,30-21-13-8-14-22-30)45-33(27-40)35-36(44-37(42)43-35)34(28-41)46-48(39(4,5)6,31-23-15-9-16-24-31)32-25-17-10-18-26-32/h7-28,33-36H,1-6H3/t33-,34+,35-,36-/m1/s1.